The third-order valence-electron chi connectivity index (χ3n) is 2.16. The molecule has 0 aromatic rings. The molecule has 0 rings (SSSR count). The van der Waals surface area contributed by atoms with Crippen LogP contribution >= 0.6 is 0 Å². The van der Waals surface area contributed by atoms with E-state index in [1.807, 2.05) is 13.8 Å². The van der Waals surface area contributed by atoms with E-state index in [4.69, 9.17) is 9.47 Å². The lowest BCUT2D eigenvalue weighted by Crippen LogP contribution is -2.16. The highest BCUT2D eigenvalue weighted by atomic mass is 16.7. The van der Waals surface area contributed by atoms with Crippen LogP contribution < -0.4 is 0 Å². The van der Waals surface area contributed by atoms with Gasteiger partial charge in [-0.25, -0.2) is 0 Å². The van der Waals surface area contributed by atoms with Crippen molar-refractivity contribution in [3.63, 3.8) is 0 Å². The molecule has 0 aliphatic rings. The van der Waals surface area contributed by atoms with E-state index in [1.54, 1.807) is 0 Å². The minimum absolute atomic E-state index is 0.0223. The Morgan fingerprint density at radius 2 is 1.71 bits per heavy atom. The number of ether oxygens (including phenoxy) is 2. The molecule has 0 aromatic heterocycles. The molecular formula is C12H24O2. The average molecular weight is 200 g/mol. The van der Waals surface area contributed by atoms with Crippen molar-refractivity contribution in [3.05, 3.63) is 11.6 Å². The summed E-state index contributed by atoms with van der Waals surface area (Å²) in [6.45, 7) is 9.78. The standard InChI is InChI=1S/C12H24O2/c1-5-11(4)9-8-10-12(13-6-2)14-7-3/h9,12H,5-8,10H2,1-4H3/b11-9+. The Balaban J connectivity index is 3.69. The van der Waals surface area contributed by atoms with Gasteiger partial charge in [0.2, 0.25) is 0 Å². The number of hydrogen-bond acceptors (Lipinski definition) is 2. The molecule has 0 fully saturated rings. The summed E-state index contributed by atoms with van der Waals surface area (Å²) < 4.78 is 10.9. The second kappa shape index (κ2) is 9.22. The fourth-order valence-corrected chi connectivity index (χ4v) is 1.20. The van der Waals surface area contributed by atoms with Crippen molar-refractivity contribution in [1.29, 1.82) is 0 Å². The second-order valence-electron chi connectivity index (χ2n) is 3.32. The highest BCUT2D eigenvalue weighted by molar-refractivity contribution is 4.96. The highest BCUT2D eigenvalue weighted by Crippen LogP contribution is 2.08. The van der Waals surface area contributed by atoms with Crippen molar-refractivity contribution in [2.75, 3.05) is 13.2 Å². The molecule has 0 aliphatic carbocycles. The molecule has 0 aliphatic heterocycles. The molecule has 0 bridgehead atoms. The van der Waals surface area contributed by atoms with E-state index in [2.05, 4.69) is 19.9 Å². The minimum atomic E-state index is -0.0223. The van der Waals surface area contributed by atoms with Gasteiger partial charge in [0.25, 0.3) is 0 Å². The monoisotopic (exact) mass is 200 g/mol. The zero-order valence-electron chi connectivity index (χ0n) is 10.0. The van der Waals surface area contributed by atoms with Crippen LogP contribution in [0.5, 0.6) is 0 Å². The Bertz CT molecular complexity index is 146. The van der Waals surface area contributed by atoms with E-state index >= 15 is 0 Å². The molecule has 0 radical (unpaired) electrons. The Labute approximate surface area is 88.3 Å². The van der Waals surface area contributed by atoms with Crippen LogP contribution in [0.3, 0.4) is 0 Å². The SMILES string of the molecule is CCOC(CC/C=C(\C)CC)OCC. The van der Waals surface area contributed by atoms with Crippen LogP contribution in [-0.2, 0) is 9.47 Å². The van der Waals surface area contributed by atoms with Gasteiger partial charge in [0.05, 0.1) is 0 Å². The van der Waals surface area contributed by atoms with E-state index in [0.29, 0.717) is 0 Å². The average Bonchev–Trinajstić information content (AvgIpc) is 2.18. The van der Waals surface area contributed by atoms with Gasteiger partial charge >= 0.3 is 0 Å². The normalized spacial score (nSPS) is 12.5. The van der Waals surface area contributed by atoms with Crippen LogP contribution in [0.15, 0.2) is 11.6 Å². The maximum Gasteiger partial charge on any atom is 0.157 e. The largest absolute Gasteiger partial charge is 0.353 e. The van der Waals surface area contributed by atoms with Gasteiger partial charge in [-0.2, -0.15) is 0 Å². The summed E-state index contributed by atoms with van der Waals surface area (Å²) in [7, 11) is 0. The lowest BCUT2D eigenvalue weighted by atomic mass is 10.2. The quantitative estimate of drug-likeness (QED) is 0.441. The van der Waals surface area contributed by atoms with Gasteiger partial charge in [0.1, 0.15) is 0 Å². The topological polar surface area (TPSA) is 18.5 Å². The predicted octanol–water partition coefficient (Wildman–Crippen LogP) is 3.52. The Morgan fingerprint density at radius 3 is 2.14 bits per heavy atom. The van der Waals surface area contributed by atoms with Crippen LogP contribution in [-0.4, -0.2) is 19.5 Å². The summed E-state index contributed by atoms with van der Waals surface area (Å²) in [5, 5.41) is 0. The van der Waals surface area contributed by atoms with E-state index < -0.39 is 0 Å². The molecule has 0 atom stereocenters. The van der Waals surface area contributed by atoms with Crippen LogP contribution in [0.2, 0.25) is 0 Å². The Morgan fingerprint density at radius 1 is 1.14 bits per heavy atom. The van der Waals surface area contributed by atoms with Gasteiger partial charge in [0.15, 0.2) is 6.29 Å². The van der Waals surface area contributed by atoms with Gasteiger partial charge in [-0.1, -0.05) is 18.6 Å². The third-order valence-corrected chi connectivity index (χ3v) is 2.16. The molecule has 0 aromatic carbocycles. The van der Waals surface area contributed by atoms with Crippen molar-refractivity contribution in [2.24, 2.45) is 0 Å². The summed E-state index contributed by atoms with van der Waals surface area (Å²) in [5.74, 6) is 0. The van der Waals surface area contributed by atoms with E-state index in [9.17, 15) is 0 Å². The molecule has 0 spiro atoms. The predicted molar refractivity (Wildman–Crippen MR) is 60.3 cm³/mol. The van der Waals surface area contributed by atoms with Crippen molar-refractivity contribution in [2.45, 2.75) is 53.2 Å². The smallest absolute Gasteiger partial charge is 0.157 e. The van der Waals surface area contributed by atoms with Crippen molar-refractivity contribution in [1.82, 2.24) is 0 Å². The van der Waals surface area contributed by atoms with Gasteiger partial charge in [-0.15, -0.1) is 0 Å². The summed E-state index contributed by atoms with van der Waals surface area (Å²) >= 11 is 0. The molecule has 0 amide bonds. The number of rotatable bonds is 8. The molecule has 2 nitrogen and oxygen atoms in total. The first-order valence-corrected chi connectivity index (χ1v) is 5.63. The van der Waals surface area contributed by atoms with Crippen molar-refractivity contribution in [3.8, 4) is 0 Å². The van der Waals surface area contributed by atoms with Gasteiger partial charge in [-0.3, -0.25) is 0 Å². The van der Waals surface area contributed by atoms with E-state index in [0.717, 1.165) is 32.5 Å². The summed E-state index contributed by atoms with van der Waals surface area (Å²) in [5.41, 5.74) is 1.44. The first kappa shape index (κ1) is 13.7. The maximum atomic E-state index is 5.45. The maximum absolute atomic E-state index is 5.45. The Hall–Kier alpha value is -0.340. The molecule has 14 heavy (non-hydrogen) atoms. The molecule has 0 N–H and O–H groups in total. The van der Waals surface area contributed by atoms with Crippen molar-refractivity contribution >= 4 is 0 Å². The first-order chi connectivity index (χ1) is 6.74. The molecule has 0 unspecified atom stereocenters. The lowest BCUT2D eigenvalue weighted by molar-refractivity contribution is -0.138. The number of hydrogen-bond donors (Lipinski definition) is 0. The summed E-state index contributed by atoms with van der Waals surface area (Å²) in [4.78, 5) is 0. The zero-order chi connectivity index (χ0) is 10.8. The summed E-state index contributed by atoms with van der Waals surface area (Å²) in [6, 6.07) is 0. The fourth-order valence-electron chi connectivity index (χ4n) is 1.20. The molecule has 2 heteroatoms. The molecule has 0 saturated heterocycles. The van der Waals surface area contributed by atoms with Crippen LogP contribution in [0.25, 0.3) is 0 Å². The molecule has 0 saturated carbocycles. The van der Waals surface area contributed by atoms with Gasteiger partial charge < -0.3 is 9.47 Å². The van der Waals surface area contributed by atoms with Crippen molar-refractivity contribution < 1.29 is 9.47 Å². The molecular weight excluding hydrogens is 176 g/mol. The third kappa shape index (κ3) is 7.10. The summed E-state index contributed by atoms with van der Waals surface area (Å²) in [6.07, 6.45) is 5.38. The van der Waals surface area contributed by atoms with Crippen LogP contribution in [0, 0.1) is 0 Å². The Kier molecular flexibility index (Phi) is 9.00. The highest BCUT2D eigenvalue weighted by Gasteiger charge is 2.05. The van der Waals surface area contributed by atoms with Gasteiger partial charge in [0, 0.05) is 19.6 Å². The lowest BCUT2D eigenvalue weighted by Gasteiger charge is -2.15. The number of allylic oxidation sites excluding steroid dienone is 2. The minimum Gasteiger partial charge on any atom is -0.353 e. The van der Waals surface area contributed by atoms with E-state index in [-0.39, 0.29) is 6.29 Å². The molecule has 84 valence electrons. The second-order valence-corrected chi connectivity index (χ2v) is 3.32. The zero-order valence-corrected chi connectivity index (χ0v) is 10.0. The van der Waals surface area contributed by atoms with Gasteiger partial charge in [-0.05, 0) is 33.6 Å². The molecule has 0 heterocycles. The van der Waals surface area contributed by atoms with E-state index in [1.165, 1.54) is 5.57 Å². The van der Waals surface area contributed by atoms with Crippen LogP contribution in [0.1, 0.15) is 47.0 Å². The first-order valence-electron chi connectivity index (χ1n) is 5.63. The fraction of sp³-hybridized carbons (Fsp3) is 0.833. The van der Waals surface area contributed by atoms with Crippen LogP contribution in [0.4, 0.5) is 0 Å².